The topological polar surface area (TPSA) is 0 Å². The van der Waals surface area contributed by atoms with Crippen LogP contribution in [0.4, 0.5) is 0 Å². The maximum absolute atomic E-state index is 2.32. The summed E-state index contributed by atoms with van der Waals surface area (Å²) in [6, 6.07) is 30.5. The Bertz CT molecular complexity index is 1060. The van der Waals surface area contributed by atoms with Crippen molar-refractivity contribution in [2.75, 3.05) is 0 Å². The Kier molecular flexibility index (Phi) is 2.59. The van der Waals surface area contributed by atoms with Crippen molar-refractivity contribution in [1.29, 1.82) is 0 Å². The molecule has 0 heteroatoms. The molecule has 106 valence electrons. The van der Waals surface area contributed by atoms with Crippen molar-refractivity contribution < 1.29 is 0 Å². The summed E-state index contributed by atoms with van der Waals surface area (Å²) >= 11 is 0. The van der Waals surface area contributed by atoms with Gasteiger partial charge < -0.3 is 0 Å². The SMILES string of the molecule is C(/c1ccccc1)=c1\cc2cccc3ccc4cccc1c4[C+]32. The molecule has 3 aliphatic carbocycles. The van der Waals surface area contributed by atoms with E-state index >= 15 is 0 Å². The molecule has 0 bridgehead atoms. The first kappa shape index (κ1) is 12.5. The number of hydrogen-bond acceptors (Lipinski definition) is 0. The van der Waals surface area contributed by atoms with Gasteiger partial charge >= 0.3 is 0 Å². The molecule has 0 spiro atoms. The van der Waals surface area contributed by atoms with Crippen molar-refractivity contribution in [2.45, 2.75) is 0 Å². The van der Waals surface area contributed by atoms with Crippen LogP contribution >= 0.6 is 0 Å². The van der Waals surface area contributed by atoms with Crippen LogP contribution in [0.1, 0.15) is 22.3 Å². The summed E-state index contributed by atoms with van der Waals surface area (Å²) in [6.07, 6.45) is 2.28. The van der Waals surface area contributed by atoms with Crippen molar-refractivity contribution in [3.05, 3.63) is 118 Å². The highest BCUT2D eigenvalue weighted by molar-refractivity contribution is 5.89. The first-order valence-corrected chi connectivity index (χ1v) is 7.96. The third-order valence-corrected chi connectivity index (χ3v) is 4.66. The van der Waals surface area contributed by atoms with Gasteiger partial charge in [0.05, 0.1) is 22.6 Å². The maximum Gasteiger partial charge on any atom is 0.0700 e. The van der Waals surface area contributed by atoms with Crippen molar-refractivity contribution in [2.24, 2.45) is 0 Å². The second kappa shape index (κ2) is 4.76. The Morgan fingerprint density at radius 2 is 1.48 bits per heavy atom. The molecular formula is C23H15+. The molecule has 5 rings (SSSR count). The van der Waals surface area contributed by atoms with Gasteiger partial charge in [0.15, 0.2) is 0 Å². The first-order valence-electron chi connectivity index (χ1n) is 7.96. The smallest absolute Gasteiger partial charge is 0.0622 e. The molecule has 2 aromatic rings. The zero-order valence-corrected chi connectivity index (χ0v) is 12.7. The molecule has 0 aliphatic heterocycles. The van der Waals surface area contributed by atoms with Crippen molar-refractivity contribution in [1.82, 2.24) is 0 Å². The second-order valence-corrected chi connectivity index (χ2v) is 6.07. The van der Waals surface area contributed by atoms with Gasteiger partial charge in [-0.2, -0.15) is 0 Å². The summed E-state index contributed by atoms with van der Waals surface area (Å²) in [6.45, 7) is 0. The highest BCUT2D eigenvalue weighted by Crippen LogP contribution is 2.39. The van der Waals surface area contributed by atoms with Crippen LogP contribution in [0.3, 0.4) is 0 Å². The average Bonchev–Trinajstić information content (AvgIpc) is 2.61. The molecule has 0 fully saturated rings. The highest BCUT2D eigenvalue weighted by Gasteiger charge is 2.30. The Morgan fingerprint density at radius 3 is 2.39 bits per heavy atom. The molecule has 0 unspecified atom stereocenters. The van der Waals surface area contributed by atoms with Crippen LogP contribution in [0.15, 0.2) is 84.9 Å². The predicted octanol–water partition coefficient (Wildman–Crippen LogP) is 4.72. The minimum absolute atomic E-state index is 1.24. The Morgan fingerprint density at radius 1 is 0.652 bits per heavy atom. The van der Waals surface area contributed by atoms with E-state index in [2.05, 4.69) is 91.0 Å². The van der Waals surface area contributed by atoms with Gasteiger partial charge in [0, 0.05) is 22.1 Å². The van der Waals surface area contributed by atoms with Crippen LogP contribution in [0.25, 0.3) is 16.8 Å². The first-order chi connectivity index (χ1) is 11.4. The molecular weight excluding hydrogens is 276 g/mol. The lowest BCUT2D eigenvalue weighted by atomic mass is 9.76. The quantitative estimate of drug-likeness (QED) is 0.392. The van der Waals surface area contributed by atoms with Gasteiger partial charge in [0.1, 0.15) is 0 Å². The van der Waals surface area contributed by atoms with Gasteiger partial charge in [-0.05, 0) is 60.2 Å². The highest BCUT2D eigenvalue weighted by atomic mass is 14.3. The molecule has 0 N–H and O–H groups in total. The van der Waals surface area contributed by atoms with Gasteiger partial charge in [0.25, 0.3) is 0 Å². The van der Waals surface area contributed by atoms with E-state index < -0.39 is 0 Å². The lowest BCUT2D eigenvalue weighted by molar-refractivity contribution is 1.21. The third-order valence-electron chi connectivity index (χ3n) is 4.66. The fraction of sp³-hybridized carbons (Fsp3) is 0. The van der Waals surface area contributed by atoms with Crippen LogP contribution in [-0.2, 0) is 0 Å². The van der Waals surface area contributed by atoms with Crippen LogP contribution < -0.4 is 5.22 Å². The van der Waals surface area contributed by atoms with Crippen molar-refractivity contribution >= 4 is 16.8 Å². The molecule has 0 heterocycles. The zero-order chi connectivity index (χ0) is 15.2. The summed E-state index contributed by atoms with van der Waals surface area (Å²) in [5, 5.41) is 3.93. The second-order valence-electron chi connectivity index (χ2n) is 6.07. The monoisotopic (exact) mass is 291 g/mol. The molecule has 2 aromatic carbocycles. The largest absolute Gasteiger partial charge is 0.0700 e. The normalized spacial score (nSPS) is 13.4. The maximum atomic E-state index is 2.32. The molecule has 0 aromatic heterocycles. The lowest BCUT2D eigenvalue weighted by Crippen LogP contribution is -2.18. The summed E-state index contributed by atoms with van der Waals surface area (Å²) in [5.74, 6) is 1.38. The van der Waals surface area contributed by atoms with Gasteiger partial charge in [-0.3, -0.25) is 0 Å². The minimum atomic E-state index is 1.24. The lowest BCUT2D eigenvalue weighted by Gasteiger charge is -2.21. The van der Waals surface area contributed by atoms with E-state index in [4.69, 9.17) is 0 Å². The fourth-order valence-corrected chi connectivity index (χ4v) is 3.64. The van der Waals surface area contributed by atoms with Gasteiger partial charge in [0.2, 0.25) is 0 Å². The Labute approximate surface area is 135 Å². The molecule has 0 atom stereocenters. The molecule has 0 amide bonds. The van der Waals surface area contributed by atoms with Gasteiger partial charge in [-0.1, -0.05) is 30.3 Å². The van der Waals surface area contributed by atoms with Crippen LogP contribution in [0.5, 0.6) is 0 Å². The summed E-state index contributed by atoms with van der Waals surface area (Å²) in [5.41, 5.74) is 5.25. The van der Waals surface area contributed by atoms with Crippen LogP contribution in [0, 0.1) is 5.92 Å². The summed E-state index contributed by atoms with van der Waals surface area (Å²) in [4.78, 5) is 0. The number of hydrogen-bond donors (Lipinski definition) is 0. The molecule has 3 aliphatic rings. The minimum Gasteiger partial charge on any atom is -0.0622 e. The zero-order valence-electron chi connectivity index (χ0n) is 12.7. The molecule has 23 heavy (non-hydrogen) atoms. The van der Waals surface area contributed by atoms with Gasteiger partial charge in [-0.15, -0.1) is 0 Å². The van der Waals surface area contributed by atoms with E-state index in [0.717, 1.165) is 0 Å². The molecule has 0 radical (unpaired) electrons. The van der Waals surface area contributed by atoms with E-state index in [1.54, 1.807) is 0 Å². The van der Waals surface area contributed by atoms with E-state index in [-0.39, 0.29) is 0 Å². The molecule has 0 nitrogen and oxygen atoms in total. The standard InChI is InChI=1S/C23H15/c1-2-6-16(7-3-1)14-20-15-19-10-4-8-17-12-13-18-9-5-11-21(20)23(18)22(17)19/h1-15H/q+1/b20-14-. The van der Waals surface area contributed by atoms with E-state index in [0.29, 0.717) is 0 Å². The Hall–Kier alpha value is -2.99. The number of benzene rings is 2. The average molecular weight is 291 g/mol. The fourth-order valence-electron chi connectivity index (χ4n) is 3.64. The molecule has 0 saturated carbocycles. The van der Waals surface area contributed by atoms with Crippen LogP contribution in [-0.4, -0.2) is 0 Å². The molecule has 0 saturated heterocycles. The number of rotatable bonds is 1. The Balaban J connectivity index is 1.94. The van der Waals surface area contributed by atoms with Gasteiger partial charge in [-0.25, -0.2) is 0 Å². The summed E-state index contributed by atoms with van der Waals surface area (Å²) in [7, 11) is 0. The van der Waals surface area contributed by atoms with E-state index in [1.807, 2.05) is 0 Å². The summed E-state index contributed by atoms with van der Waals surface area (Å²) < 4.78 is 0. The van der Waals surface area contributed by atoms with Crippen molar-refractivity contribution in [3.8, 4) is 0 Å². The predicted molar refractivity (Wildman–Crippen MR) is 96.2 cm³/mol. The van der Waals surface area contributed by atoms with Crippen molar-refractivity contribution in [3.63, 3.8) is 0 Å². The third kappa shape index (κ3) is 1.89. The van der Waals surface area contributed by atoms with Crippen LogP contribution in [0.2, 0.25) is 0 Å². The van der Waals surface area contributed by atoms with E-state index in [9.17, 15) is 0 Å². The van der Waals surface area contributed by atoms with E-state index in [1.165, 1.54) is 44.2 Å².